The van der Waals surface area contributed by atoms with Crippen molar-refractivity contribution in [1.29, 1.82) is 0 Å². The van der Waals surface area contributed by atoms with Gasteiger partial charge >= 0.3 is 0 Å². The molecule has 2 fully saturated rings. The first-order valence-electron chi connectivity index (χ1n) is 8.65. The highest BCUT2D eigenvalue weighted by atomic mass is 16.1. The van der Waals surface area contributed by atoms with Gasteiger partial charge in [-0.1, -0.05) is 6.07 Å². The van der Waals surface area contributed by atoms with E-state index in [1.54, 1.807) is 0 Å². The van der Waals surface area contributed by atoms with Crippen LogP contribution in [0.2, 0.25) is 0 Å². The lowest BCUT2D eigenvalue weighted by Gasteiger charge is -2.07. The number of aryl methyl sites for hydroxylation is 1. The number of amides is 1. The highest BCUT2D eigenvalue weighted by Gasteiger charge is 2.26. The molecule has 5 nitrogen and oxygen atoms in total. The van der Waals surface area contributed by atoms with Crippen molar-refractivity contribution in [1.82, 2.24) is 20.2 Å². The number of rotatable bonds is 7. The quantitative estimate of drug-likeness (QED) is 0.825. The fourth-order valence-electron chi connectivity index (χ4n) is 3.14. The molecule has 0 atom stereocenters. The Bertz CT molecular complexity index is 728. The van der Waals surface area contributed by atoms with Gasteiger partial charge in [0.15, 0.2) is 0 Å². The second-order valence-corrected chi connectivity index (χ2v) is 6.93. The normalized spacial score (nSPS) is 17.6. The molecular weight excluding hydrogens is 288 g/mol. The molecule has 5 heteroatoms. The van der Waals surface area contributed by atoms with E-state index in [1.807, 2.05) is 0 Å². The van der Waals surface area contributed by atoms with Crippen molar-refractivity contribution >= 4 is 16.9 Å². The molecule has 0 radical (unpaired) electrons. The van der Waals surface area contributed by atoms with Gasteiger partial charge in [-0.3, -0.25) is 4.79 Å². The molecule has 2 aromatic rings. The van der Waals surface area contributed by atoms with Crippen molar-refractivity contribution in [2.75, 3.05) is 13.1 Å². The summed E-state index contributed by atoms with van der Waals surface area (Å²) in [5, 5.41) is 6.19. The van der Waals surface area contributed by atoms with Crippen molar-refractivity contribution in [3.8, 4) is 0 Å². The average molecular weight is 312 g/mol. The number of hydrogen-bond acceptors (Lipinski definition) is 3. The summed E-state index contributed by atoms with van der Waals surface area (Å²) in [7, 11) is 0. The summed E-state index contributed by atoms with van der Waals surface area (Å²) in [4.78, 5) is 16.5. The van der Waals surface area contributed by atoms with Crippen LogP contribution < -0.4 is 10.6 Å². The summed E-state index contributed by atoms with van der Waals surface area (Å²) >= 11 is 0. The third-order valence-corrected chi connectivity index (χ3v) is 4.75. The van der Waals surface area contributed by atoms with Gasteiger partial charge in [-0.05, 0) is 62.8 Å². The van der Waals surface area contributed by atoms with Crippen molar-refractivity contribution in [2.24, 2.45) is 5.92 Å². The van der Waals surface area contributed by atoms with E-state index < -0.39 is 0 Å². The van der Waals surface area contributed by atoms with Gasteiger partial charge in [0.1, 0.15) is 5.82 Å². The molecule has 0 bridgehead atoms. The lowest BCUT2D eigenvalue weighted by molar-refractivity contribution is -0.120. The molecule has 2 saturated carbocycles. The highest BCUT2D eigenvalue weighted by Crippen LogP contribution is 2.38. The minimum Gasteiger partial charge on any atom is -0.351 e. The van der Waals surface area contributed by atoms with E-state index in [0.717, 1.165) is 29.4 Å². The van der Waals surface area contributed by atoms with Gasteiger partial charge in [0.25, 0.3) is 0 Å². The van der Waals surface area contributed by atoms with Crippen LogP contribution in [0.4, 0.5) is 0 Å². The van der Waals surface area contributed by atoms with Gasteiger partial charge < -0.3 is 15.2 Å². The van der Waals surface area contributed by atoms with Gasteiger partial charge in [-0.15, -0.1) is 0 Å². The molecule has 0 spiro atoms. The van der Waals surface area contributed by atoms with Crippen LogP contribution in [0.5, 0.6) is 0 Å². The molecule has 1 aromatic carbocycles. The molecule has 2 aliphatic carbocycles. The second kappa shape index (κ2) is 5.96. The Morgan fingerprint density at radius 1 is 1.30 bits per heavy atom. The van der Waals surface area contributed by atoms with E-state index in [9.17, 15) is 4.79 Å². The van der Waals surface area contributed by atoms with Crippen molar-refractivity contribution in [3.63, 3.8) is 0 Å². The Morgan fingerprint density at radius 3 is 2.87 bits per heavy atom. The predicted molar refractivity (Wildman–Crippen MR) is 90.2 cm³/mol. The average Bonchev–Trinajstić information content (AvgIpc) is 3.43. The first kappa shape index (κ1) is 14.7. The Balaban J connectivity index is 1.36. The standard InChI is InChI=1S/C18H24N4O/c1-12-21-16-8-14(4-7-17(16)22(12)15-5-6-15)10-20-18(23)11-19-9-13-2-3-13/h4,7-8,13,15,19H,2-3,5-6,9-11H2,1H3,(H,20,23). The van der Waals surface area contributed by atoms with Gasteiger partial charge in [-0.2, -0.15) is 0 Å². The lowest BCUT2D eigenvalue weighted by atomic mass is 10.2. The van der Waals surface area contributed by atoms with E-state index in [2.05, 4.69) is 45.3 Å². The summed E-state index contributed by atoms with van der Waals surface area (Å²) in [6, 6.07) is 6.97. The Hall–Kier alpha value is -1.88. The Labute approximate surface area is 136 Å². The second-order valence-electron chi connectivity index (χ2n) is 6.93. The number of hydrogen-bond donors (Lipinski definition) is 2. The molecule has 4 rings (SSSR count). The minimum absolute atomic E-state index is 0.0606. The zero-order valence-electron chi connectivity index (χ0n) is 13.6. The Kier molecular flexibility index (Phi) is 3.81. The molecule has 2 aliphatic rings. The largest absolute Gasteiger partial charge is 0.351 e. The zero-order chi connectivity index (χ0) is 15.8. The van der Waals surface area contributed by atoms with Crippen molar-refractivity contribution in [3.05, 3.63) is 29.6 Å². The third kappa shape index (κ3) is 3.39. The smallest absolute Gasteiger partial charge is 0.234 e. The maximum atomic E-state index is 11.8. The number of benzene rings is 1. The summed E-state index contributed by atoms with van der Waals surface area (Å²) in [5.41, 5.74) is 3.35. The molecule has 0 unspecified atom stereocenters. The molecule has 1 amide bonds. The van der Waals surface area contributed by atoms with Crippen molar-refractivity contribution in [2.45, 2.75) is 45.2 Å². The van der Waals surface area contributed by atoms with Gasteiger partial charge in [0, 0.05) is 12.6 Å². The highest BCUT2D eigenvalue weighted by molar-refractivity contribution is 5.79. The van der Waals surface area contributed by atoms with E-state index in [4.69, 9.17) is 0 Å². The number of nitrogens with zero attached hydrogens (tertiary/aromatic N) is 2. The number of fused-ring (bicyclic) bond motifs is 1. The van der Waals surface area contributed by atoms with Crippen LogP contribution in [0.1, 0.15) is 43.1 Å². The van der Waals surface area contributed by atoms with Crippen LogP contribution in [0.15, 0.2) is 18.2 Å². The number of carbonyl (C=O) groups excluding carboxylic acids is 1. The van der Waals surface area contributed by atoms with Gasteiger partial charge in [-0.25, -0.2) is 4.98 Å². The third-order valence-electron chi connectivity index (χ3n) is 4.75. The number of carbonyl (C=O) groups is 1. The van der Waals surface area contributed by atoms with Crippen LogP contribution in [0.3, 0.4) is 0 Å². The van der Waals surface area contributed by atoms with Crippen molar-refractivity contribution < 1.29 is 4.79 Å². The monoisotopic (exact) mass is 312 g/mol. The predicted octanol–water partition coefficient (Wildman–Crippen LogP) is 2.30. The van der Waals surface area contributed by atoms with E-state index in [0.29, 0.717) is 19.1 Å². The van der Waals surface area contributed by atoms with E-state index >= 15 is 0 Å². The SMILES string of the molecule is Cc1nc2cc(CNC(=O)CNCC3CC3)ccc2n1C1CC1. The maximum absolute atomic E-state index is 11.8. The van der Waals surface area contributed by atoms with E-state index in [-0.39, 0.29) is 5.91 Å². The van der Waals surface area contributed by atoms with Crippen LogP contribution in [0, 0.1) is 12.8 Å². The maximum Gasteiger partial charge on any atom is 0.234 e. The molecule has 122 valence electrons. The van der Waals surface area contributed by atoms with Gasteiger partial charge in [0.2, 0.25) is 5.91 Å². The number of imidazole rings is 1. The topological polar surface area (TPSA) is 59.0 Å². The summed E-state index contributed by atoms with van der Waals surface area (Å²) in [6.07, 6.45) is 5.14. The minimum atomic E-state index is 0.0606. The van der Waals surface area contributed by atoms with Crippen LogP contribution in [0.25, 0.3) is 11.0 Å². The van der Waals surface area contributed by atoms with E-state index in [1.165, 1.54) is 31.2 Å². The van der Waals surface area contributed by atoms with Crippen LogP contribution in [-0.2, 0) is 11.3 Å². The first-order chi connectivity index (χ1) is 11.2. The summed E-state index contributed by atoms with van der Waals surface area (Å²) in [6.45, 7) is 4.02. The van der Waals surface area contributed by atoms with Crippen LogP contribution >= 0.6 is 0 Å². The fourth-order valence-corrected chi connectivity index (χ4v) is 3.14. The fraction of sp³-hybridized carbons (Fsp3) is 0.556. The molecular formula is C18H24N4O. The number of nitrogens with one attached hydrogen (secondary N) is 2. The van der Waals surface area contributed by atoms with Gasteiger partial charge in [0.05, 0.1) is 17.6 Å². The summed E-state index contributed by atoms with van der Waals surface area (Å²) in [5.74, 6) is 1.95. The Morgan fingerprint density at radius 2 is 2.13 bits per heavy atom. The molecule has 0 saturated heterocycles. The first-order valence-corrected chi connectivity index (χ1v) is 8.65. The molecule has 23 heavy (non-hydrogen) atoms. The molecule has 2 N–H and O–H groups in total. The lowest BCUT2D eigenvalue weighted by Crippen LogP contribution is -2.34. The molecule has 0 aliphatic heterocycles. The molecule has 1 heterocycles. The molecule has 1 aromatic heterocycles. The zero-order valence-corrected chi connectivity index (χ0v) is 13.6. The summed E-state index contributed by atoms with van der Waals surface area (Å²) < 4.78 is 2.35. The number of aromatic nitrogens is 2. The van der Waals surface area contributed by atoms with Crippen LogP contribution in [-0.4, -0.2) is 28.5 Å².